The number of aliphatic hydroxyl groups excluding tert-OH is 1. The third kappa shape index (κ3) is 27.2. The van der Waals surface area contributed by atoms with Crippen LogP contribution in [0.3, 0.4) is 0 Å². The van der Waals surface area contributed by atoms with Gasteiger partial charge >= 0.3 is 0 Å². The molecule has 0 aromatic heterocycles. The molecule has 0 rings (SSSR count). The van der Waals surface area contributed by atoms with Crippen LogP contribution >= 0.6 is 9.24 Å². The Bertz CT molecular complexity index is 541. The second-order valence-electron chi connectivity index (χ2n) is 14.2. The molecule has 0 spiro atoms. The number of hydrogen-bond acceptors (Lipinski definition) is 3. The van der Waals surface area contributed by atoms with E-state index in [1.165, 1.54) is 180 Å². The molecular weight excluding hydrogens is 547 g/mol. The van der Waals surface area contributed by atoms with Gasteiger partial charge < -0.3 is 15.3 Å². The maximum atomic E-state index is 11.1. The highest BCUT2D eigenvalue weighted by molar-refractivity contribution is 7.18. The number of aliphatic hydroxyl groups is 3. The van der Waals surface area contributed by atoms with E-state index in [0.717, 1.165) is 25.7 Å². The molecule has 0 aliphatic carbocycles. The second kappa shape index (κ2) is 32.3. The molecule has 3 N–H and O–H groups in total. The molecule has 0 aliphatic rings. The minimum absolute atomic E-state index is 0.370. The molecular formula is C39H81O3P. The van der Waals surface area contributed by atoms with Crippen molar-refractivity contribution in [3.63, 3.8) is 0 Å². The molecule has 260 valence electrons. The summed E-state index contributed by atoms with van der Waals surface area (Å²) in [6.45, 7) is 4.20. The lowest BCUT2D eigenvalue weighted by molar-refractivity contribution is -0.133. The first-order chi connectivity index (χ1) is 20.9. The molecule has 0 heterocycles. The summed E-state index contributed by atoms with van der Waals surface area (Å²) in [7, 11) is 2.48. The van der Waals surface area contributed by atoms with Crippen LogP contribution in [-0.2, 0) is 0 Å². The molecule has 3 unspecified atom stereocenters. The first-order valence-electron chi connectivity index (χ1n) is 19.8. The number of rotatable bonds is 36. The van der Waals surface area contributed by atoms with Gasteiger partial charge in [-0.25, -0.2) is 0 Å². The van der Waals surface area contributed by atoms with Crippen LogP contribution in [0.25, 0.3) is 0 Å². The predicted octanol–water partition coefficient (Wildman–Crippen LogP) is 12.6. The van der Waals surface area contributed by atoms with E-state index in [1.54, 1.807) is 0 Å². The fourth-order valence-electron chi connectivity index (χ4n) is 6.57. The summed E-state index contributed by atoms with van der Waals surface area (Å²) in [4.78, 5) is 0. The Morgan fingerprint density at radius 1 is 0.349 bits per heavy atom. The van der Waals surface area contributed by atoms with Crippen LogP contribution in [0.4, 0.5) is 0 Å². The highest BCUT2D eigenvalue weighted by Gasteiger charge is 2.44. The van der Waals surface area contributed by atoms with Crippen LogP contribution in [0, 0.1) is 0 Å². The van der Waals surface area contributed by atoms with Crippen LogP contribution in [0.5, 0.6) is 0 Å². The Hall–Kier alpha value is 0.310. The predicted molar refractivity (Wildman–Crippen MR) is 195 cm³/mol. The van der Waals surface area contributed by atoms with Crippen LogP contribution in [0.1, 0.15) is 232 Å². The van der Waals surface area contributed by atoms with Gasteiger partial charge in [0.25, 0.3) is 0 Å². The zero-order valence-electron chi connectivity index (χ0n) is 29.7. The quantitative estimate of drug-likeness (QED) is 0.0478. The van der Waals surface area contributed by atoms with Gasteiger partial charge in [-0.1, -0.05) is 219 Å². The SMILES string of the molecule is CCCCCCCCCCCCCCCCCCC(O)(P)C(O)(CO)CCCCCCCCCCCCCCCCCC. The maximum Gasteiger partial charge on any atom is 0.120 e. The molecule has 0 aliphatic heterocycles. The highest BCUT2D eigenvalue weighted by Crippen LogP contribution is 2.38. The van der Waals surface area contributed by atoms with Gasteiger partial charge in [-0.15, -0.1) is 9.24 Å². The lowest BCUT2D eigenvalue weighted by atomic mass is 9.86. The van der Waals surface area contributed by atoms with Crippen molar-refractivity contribution >= 4 is 9.24 Å². The van der Waals surface area contributed by atoms with Gasteiger partial charge in [0, 0.05) is 0 Å². The molecule has 0 aromatic carbocycles. The average Bonchev–Trinajstić information content (AvgIpc) is 3.00. The summed E-state index contributed by atoms with van der Waals surface area (Å²) in [6.07, 6.45) is 43.3. The molecule has 0 radical (unpaired) electrons. The fourth-order valence-corrected chi connectivity index (χ4v) is 7.01. The Morgan fingerprint density at radius 2 is 0.558 bits per heavy atom. The van der Waals surface area contributed by atoms with Crippen molar-refractivity contribution in [2.24, 2.45) is 0 Å². The first kappa shape index (κ1) is 43.3. The summed E-state index contributed by atoms with van der Waals surface area (Å²) in [5, 5.41) is 30.8. The summed E-state index contributed by atoms with van der Waals surface area (Å²) in [5.74, 6) is 0. The van der Waals surface area contributed by atoms with E-state index >= 15 is 0 Å². The Balaban J connectivity index is 3.65. The molecule has 3 atom stereocenters. The van der Waals surface area contributed by atoms with Gasteiger partial charge in [0.05, 0.1) is 6.61 Å². The van der Waals surface area contributed by atoms with Gasteiger partial charge in [0.15, 0.2) is 0 Å². The molecule has 0 saturated carbocycles. The summed E-state index contributed by atoms with van der Waals surface area (Å²) in [6, 6.07) is 0. The smallest absolute Gasteiger partial charge is 0.120 e. The molecule has 43 heavy (non-hydrogen) atoms. The topological polar surface area (TPSA) is 60.7 Å². The van der Waals surface area contributed by atoms with E-state index in [2.05, 4.69) is 23.1 Å². The highest BCUT2D eigenvalue weighted by atomic mass is 31.0. The van der Waals surface area contributed by atoms with Crippen molar-refractivity contribution in [1.82, 2.24) is 0 Å². The van der Waals surface area contributed by atoms with Crippen molar-refractivity contribution < 1.29 is 15.3 Å². The van der Waals surface area contributed by atoms with Crippen LogP contribution in [0.2, 0.25) is 0 Å². The van der Waals surface area contributed by atoms with Gasteiger partial charge in [0.2, 0.25) is 0 Å². The third-order valence-corrected chi connectivity index (χ3v) is 10.7. The van der Waals surface area contributed by atoms with E-state index < -0.39 is 10.9 Å². The van der Waals surface area contributed by atoms with Gasteiger partial charge in [0.1, 0.15) is 10.9 Å². The third-order valence-electron chi connectivity index (χ3n) is 9.92. The average molecular weight is 629 g/mol. The second-order valence-corrected chi connectivity index (χ2v) is 15.2. The van der Waals surface area contributed by atoms with E-state index in [1.807, 2.05) is 0 Å². The van der Waals surface area contributed by atoms with Gasteiger partial charge in [-0.2, -0.15) is 0 Å². The zero-order valence-corrected chi connectivity index (χ0v) is 30.8. The van der Waals surface area contributed by atoms with Crippen molar-refractivity contribution in [1.29, 1.82) is 0 Å². The monoisotopic (exact) mass is 629 g/mol. The lowest BCUT2D eigenvalue weighted by Crippen LogP contribution is -2.52. The molecule has 0 saturated heterocycles. The van der Waals surface area contributed by atoms with Crippen molar-refractivity contribution in [3.8, 4) is 0 Å². The molecule has 0 fully saturated rings. The normalized spacial score (nSPS) is 14.7. The minimum atomic E-state index is -1.41. The molecule has 0 aromatic rings. The zero-order chi connectivity index (χ0) is 31.7. The standard InChI is InChI=1S/C39H81O3P/c1-3-5-7-9-11-13-15-17-19-21-23-25-27-29-31-33-35-38(41,37-40)39(42,43)36-34-32-30-28-26-24-22-20-18-16-14-12-10-8-6-4-2/h40-42H,3-37,43H2,1-2H3. The summed E-state index contributed by atoms with van der Waals surface area (Å²) < 4.78 is 0. The van der Waals surface area contributed by atoms with Crippen molar-refractivity contribution in [2.75, 3.05) is 6.61 Å². The van der Waals surface area contributed by atoms with Crippen LogP contribution < -0.4 is 0 Å². The molecule has 4 heteroatoms. The van der Waals surface area contributed by atoms with Gasteiger partial charge in [-0.3, -0.25) is 0 Å². The van der Waals surface area contributed by atoms with E-state index in [9.17, 15) is 15.3 Å². The minimum Gasteiger partial charge on any atom is -0.393 e. The summed E-state index contributed by atoms with van der Waals surface area (Å²) >= 11 is 0. The largest absolute Gasteiger partial charge is 0.393 e. The Kier molecular flexibility index (Phi) is 32.5. The van der Waals surface area contributed by atoms with Crippen molar-refractivity contribution in [3.05, 3.63) is 0 Å². The van der Waals surface area contributed by atoms with Gasteiger partial charge in [-0.05, 0) is 12.8 Å². The van der Waals surface area contributed by atoms with Crippen LogP contribution in [0.15, 0.2) is 0 Å². The molecule has 0 bridgehead atoms. The lowest BCUT2D eigenvalue weighted by Gasteiger charge is -2.40. The molecule has 0 amide bonds. The number of unbranched alkanes of at least 4 members (excludes halogenated alkanes) is 30. The Morgan fingerprint density at radius 3 is 0.791 bits per heavy atom. The summed E-state index contributed by atoms with van der Waals surface area (Å²) in [5.41, 5.74) is -1.41. The van der Waals surface area contributed by atoms with E-state index in [0.29, 0.717) is 12.8 Å². The number of hydrogen-bond donors (Lipinski definition) is 3. The maximum absolute atomic E-state index is 11.1. The molecule has 3 nitrogen and oxygen atoms in total. The van der Waals surface area contributed by atoms with Crippen LogP contribution in [-0.4, -0.2) is 32.9 Å². The fraction of sp³-hybridized carbons (Fsp3) is 1.00. The van der Waals surface area contributed by atoms with Crippen molar-refractivity contribution in [2.45, 2.75) is 243 Å². The van der Waals surface area contributed by atoms with E-state index in [4.69, 9.17) is 0 Å². The first-order valence-corrected chi connectivity index (χ1v) is 20.4. The van der Waals surface area contributed by atoms with E-state index in [-0.39, 0.29) is 6.61 Å². The Labute approximate surface area is 273 Å².